The third-order valence-electron chi connectivity index (χ3n) is 6.81. The predicted molar refractivity (Wildman–Crippen MR) is 85.8 cm³/mol. The van der Waals surface area contributed by atoms with E-state index >= 15 is 0 Å². The average Bonchev–Trinajstić information content (AvgIpc) is 3.12. The molecule has 0 radical (unpaired) electrons. The summed E-state index contributed by atoms with van der Waals surface area (Å²) in [6, 6.07) is -0.0644. The largest absolute Gasteiger partial charge is 0.481 e. The molecule has 0 aromatic heterocycles. The Morgan fingerprint density at radius 1 is 1.26 bits per heavy atom. The van der Waals surface area contributed by atoms with Gasteiger partial charge in [-0.1, -0.05) is 18.6 Å². The van der Waals surface area contributed by atoms with Gasteiger partial charge in [0.25, 0.3) is 0 Å². The van der Waals surface area contributed by atoms with E-state index in [1.54, 1.807) is 4.90 Å². The summed E-state index contributed by atoms with van der Waals surface area (Å²) in [6.45, 7) is 1.72. The standard InChI is InChI=1S/C18H26N2O3/c21-16(22)18-7-1-2-15(18)10-20(11-18)17(23)19-9-14-8-12-3-5-13(14)6-4-12/h3,5,12-15H,1-2,4,6-11H2,(H,19,23)(H,21,22)/t12?,13?,14?,15-,18+/m0/s1. The van der Waals surface area contributed by atoms with E-state index in [9.17, 15) is 14.7 Å². The van der Waals surface area contributed by atoms with Crippen molar-refractivity contribution in [3.8, 4) is 0 Å². The fourth-order valence-electron chi connectivity index (χ4n) is 5.41. The van der Waals surface area contributed by atoms with E-state index < -0.39 is 11.4 Å². The normalized spacial score (nSPS) is 41.1. The SMILES string of the molecule is O=C(NCC1CC2C=CC1CC2)N1C[C@@H]2CCC[C@@]2(C(=O)O)C1. The van der Waals surface area contributed by atoms with Gasteiger partial charge >= 0.3 is 12.0 Å². The highest BCUT2D eigenvalue weighted by Crippen LogP contribution is 2.49. The van der Waals surface area contributed by atoms with Crippen LogP contribution in [0, 0.1) is 29.1 Å². The van der Waals surface area contributed by atoms with Crippen molar-refractivity contribution < 1.29 is 14.7 Å². The van der Waals surface area contributed by atoms with Gasteiger partial charge in [0.2, 0.25) is 0 Å². The van der Waals surface area contributed by atoms with Crippen LogP contribution in [-0.4, -0.2) is 41.6 Å². The van der Waals surface area contributed by atoms with Crippen LogP contribution in [0.1, 0.15) is 38.5 Å². The fourth-order valence-corrected chi connectivity index (χ4v) is 5.41. The zero-order valence-electron chi connectivity index (χ0n) is 13.5. The van der Waals surface area contributed by atoms with Crippen molar-refractivity contribution in [2.24, 2.45) is 29.1 Å². The van der Waals surface area contributed by atoms with Crippen molar-refractivity contribution in [2.75, 3.05) is 19.6 Å². The molecule has 126 valence electrons. The number of carbonyl (C=O) groups excluding carboxylic acids is 1. The summed E-state index contributed by atoms with van der Waals surface area (Å²) in [5.74, 6) is 1.29. The van der Waals surface area contributed by atoms with Gasteiger partial charge in [0.1, 0.15) is 0 Å². The molecule has 5 atom stereocenters. The Balaban J connectivity index is 1.34. The van der Waals surface area contributed by atoms with E-state index in [-0.39, 0.29) is 11.9 Å². The van der Waals surface area contributed by atoms with Crippen LogP contribution in [0.3, 0.4) is 0 Å². The number of hydrogen-bond donors (Lipinski definition) is 2. The van der Waals surface area contributed by atoms with Gasteiger partial charge in [-0.05, 0) is 55.8 Å². The fraction of sp³-hybridized carbons (Fsp3) is 0.778. The maximum atomic E-state index is 12.5. The summed E-state index contributed by atoms with van der Waals surface area (Å²) in [5.41, 5.74) is -0.677. The number of nitrogens with zero attached hydrogens (tertiary/aromatic N) is 1. The summed E-state index contributed by atoms with van der Waals surface area (Å²) in [7, 11) is 0. The number of carboxylic acid groups (broad SMARTS) is 1. The van der Waals surface area contributed by atoms with Crippen molar-refractivity contribution in [1.82, 2.24) is 10.2 Å². The maximum absolute atomic E-state index is 12.5. The zero-order chi connectivity index (χ0) is 16.0. The molecule has 5 rings (SSSR count). The second-order valence-electron chi connectivity index (χ2n) is 8.00. The van der Waals surface area contributed by atoms with Crippen molar-refractivity contribution in [1.29, 1.82) is 0 Å². The first kappa shape index (κ1) is 15.0. The molecule has 2 saturated carbocycles. The molecular formula is C18H26N2O3. The number of urea groups is 1. The number of rotatable bonds is 3. The van der Waals surface area contributed by atoms with Crippen LogP contribution in [-0.2, 0) is 4.79 Å². The summed E-state index contributed by atoms with van der Waals surface area (Å²) in [5, 5.41) is 12.7. The second-order valence-corrected chi connectivity index (χ2v) is 8.00. The van der Waals surface area contributed by atoms with Gasteiger partial charge in [-0.2, -0.15) is 0 Å². The van der Waals surface area contributed by atoms with Gasteiger partial charge in [-0.15, -0.1) is 0 Å². The monoisotopic (exact) mass is 318 g/mol. The van der Waals surface area contributed by atoms with E-state index in [1.807, 2.05) is 0 Å². The Bertz CT molecular complexity index is 546. The minimum atomic E-state index is -0.718. The lowest BCUT2D eigenvalue weighted by atomic mass is 9.69. The van der Waals surface area contributed by atoms with E-state index in [1.165, 1.54) is 19.3 Å². The number of aliphatic carboxylic acids is 1. The highest BCUT2D eigenvalue weighted by Gasteiger charge is 2.55. The van der Waals surface area contributed by atoms with Gasteiger partial charge in [0.05, 0.1) is 5.41 Å². The van der Waals surface area contributed by atoms with Gasteiger partial charge in [-0.25, -0.2) is 4.79 Å². The molecule has 0 aromatic carbocycles. The summed E-state index contributed by atoms with van der Waals surface area (Å²) in [6.07, 6.45) is 11.0. The minimum Gasteiger partial charge on any atom is -0.481 e. The van der Waals surface area contributed by atoms with Crippen LogP contribution >= 0.6 is 0 Å². The molecule has 0 spiro atoms. The molecule has 2 bridgehead atoms. The average molecular weight is 318 g/mol. The number of carboxylic acids is 1. The highest BCUT2D eigenvalue weighted by atomic mass is 16.4. The smallest absolute Gasteiger partial charge is 0.317 e. The molecule has 0 aromatic rings. The zero-order valence-corrected chi connectivity index (χ0v) is 13.5. The van der Waals surface area contributed by atoms with Crippen LogP contribution in [0.5, 0.6) is 0 Å². The molecule has 4 aliphatic carbocycles. The van der Waals surface area contributed by atoms with Crippen molar-refractivity contribution in [2.45, 2.75) is 38.5 Å². The number of fused-ring (bicyclic) bond motifs is 3. The lowest BCUT2D eigenvalue weighted by Crippen LogP contribution is -2.44. The van der Waals surface area contributed by atoms with E-state index in [0.29, 0.717) is 37.3 Å². The number of hydrogen-bond acceptors (Lipinski definition) is 2. The first-order chi connectivity index (χ1) is 11.1. The van der Waals surface area contributed by atoms with Crippen LogP contribution in [0.2, 0.25) is 0 Å². The topological polar surface area (TPSA) is 69.6 Å². The van der Waals surface area contributed by atoms with E-state index in [2.05, 4.69) is 17.5 Å². The summed E-state index contributed by atoms with van der Waals surface area (Å²) >= 11 is 0. The second kappa shape index (κ2) is 5.53. The first-order valence-corrected chi connectivity index (χ1v) is 9.03. The minimum absolute atomic E-state index is 0.0644. The first-order valence-electron chi connectivity index (χ1n) is 9.03. The lowest BCUT2D eigenvalue weighted by Gasteiger charge is -2.38. The molecule has 23 heavy (non-hydrogen) atoms. The van der Waals surface area contributed by atoms with Gasteiger partial charge in [-0.3, -0.25) is 4.79 Å². The third kappa shape index (κ3) is 2.45. The van der Waals surface area contributed by atoms with Crippen LogP contribution in [0.15, 0.2) is 12.2 Å². The maximum Gasteiger partial charge on any atom is 0.317 e. The van der Waals surface area contributed by atoms with Gasteiger partial charge in [0, 0.05) is 19.6 Å². The number of likely N-dealkylation sites (tertiary alicyclic amines) is 1. The molecule has 3 fully saturated rings. The molecule has 1 aliphatic heterocycles. The van der Waals surface area contributed by atoms with Gasteiger partial charge < -0.3 is 15.3 Å². The lowest BCUT2D eigenvalue weighted by molar-refractivity contribution is -0.149. The Morgan fingerprint density at radius 3 is 2.74 bits per heavy atom. The molecule has 1 saturated heterocycles. The Kier molecular flexibility index (Phi) is 3.62. The summed E-state index contributed by atoms with van der Waals surface area (Å²) < 4.78 is 0. The van der Waals surface area contributed by atoms with Crippen molar-refractivity contribution in [3.05, 3.63) is 12.2 Å². The molecule has 1 heterocycles. The Morgan fingerprint density at radius 2 is 2.13 bits per heavy atom. The van der Waals surface area contributed by atoms with Crippen molar-refractivity contribution >= 4 is 12.0 Å². The quantitative estimate of drug-likeness (QED) is 0.786. The number of amides is 2. The van der Waals surface area contributed by atoms with E-state index in [0.717, 1.165) is 19.4 Å². The van der Waals surface area contributed by atoms with Crippen molar-refractivity contribution in [3.63, 3.8) is 0 Å². The Hall–Kier alpha value is -1.52. The van der Waals surface area contributed by atoms with Crippen LogP contribution in [0.25, 0.3) is 0 Å². The number of carbonyl (C=O) groups is 2. The molecule has 5 nitrogen and oxygen atoms in total. The molecule has 2 N–H and O–H groups in total. The highest BCUT2D eigenvalue weighted by molar-refractivity contribution is 5.80. The molecular weight excluding hydrogens is 292 g/mol. The van der Waals surface area contributed by atoms with Gasteiger partial charge in [0.15, 0.2) is 0 Å². The molecule has 5 aliphatic rings. The van der Waals surface area contributed by atoms with Crippen LogP contribution < -0.4 is 5.32 Å². The molecule has 2 amide bonds. The Labute approximate surface area is 137 Å². The van der Waals surface area contributed by atoms with Crippen LogP contribution in [0.4, 0.5) is 4.79 Å². The van der Waals surface area contributed by atoms with E-state index in [4.69, 9.17) is 0 Å². The molecule has 3 unspecified atom stereocenters. The predicted octanol–water partition coefficient (Wildman–Crippen LogP) is 2.49. The number of nitrogens with one attached hydrogen (secondary N) is 1. The summed E-state index contributed by atoms with van der Waals surface area (Å²) in [4.78, 5) is 25.9. The molecule has 5 heteroatoms. The third-order valence-corrected chi connectivity index (χ3v) is 6.81. The number of allylic oxidation sites excluding steroid dienone is 2.